The summed E-state index contributed by atoms with van der Waals surface area (Å²) in [6.07, 6.45) is -1.58. The van der Waals surface area contributed by atoms with E-state index in [4.69, 9.17) is 4.74 Å². The third-order valence-electron chi connectivity index (χ3n) is 7.41. The van der Waals surface area contributed by atoms with E-state index in [1.807, 2.05) is 12.1 Å². The summed E-state index contributed by atoms with van der Waals surface area (Å²) in [7, 11) is 1.47. The maximum Gasteiger partial charge on any atom is 0.393 e. The normalized spacial score (nSPS) is 20.6. The second-order valence-electron chi connectivity index (χ2n) is 10.2. The van der Waals surface area contributed by atoms with Crippen molar-refractivity contribution >= 4 is 39.0 Å². The molecule has 11 heteroatoms. The number of halogens is 3. The number of aromatic nitrogens is 2. The second kappa shape index (κ2) is 8.58. The average Bonchev–Trinajstić information content (AvgIpc) is 3.49. The highest BCUT2D eigenvalue weighted by atomic mass is 32.1. The Labute approximate surface area is 210 Å². The van der Waals surface area contributed by atoms with E-state index in [1.54, 1.807) is 6.07 Å². The summed E-state index contributed by atoms with van der Waals surface area (Å²) in [5, 5.41) is 7.23. The number of nitrogens with one attached hydrogen (secondary N) is 2. The van der Waals surface area contributed by atoms with Gasteiger partial charge in [0.1, 0.15) is 10.6 Å². The molecular weight excluding hydrogens is 491 g/mol. The largest absolute Gasteiger partial charge is 0.467 e. The maximum atomic E-state index is 12.9. The minimum Gasteiger partial charge on any atom is -0.467 e. The third-order valence-corrected chi connectivity index (χ3v) is 8.44. The molecule has 1 unspecified atom stereocenters. The fraction of sp³-hybridized carbons (Fsp3) is 0.480. The molecule has 1 amide bonds. The molecule has 1 spiro atoms. The van der Waals surface area contributed by atoms with Crippen LogP contribution in [0.4, 0.5) is 24.7 Å². The Hall–Kier alpha value is -2.92. The van der Waals surface area contributed by atoms with Crippen LogP contribution in [0.25, 0.3) is 10.2 Å². The van der Waals surface area contributed by atoms with Gasteiger partial charge in [-0.25, -0.2) is 0 Å². The fourth-order valence-electron chi connectivity index (χ4n) is 5.77. The summed E-state index contributed by atoms with van der Waals surface area (Å²) in [6, 6.07) is 8.29. The molecule has 2 N–H and O–H groups in total. The van der Waals surface area contributed by atoms with E-state index >= 15 is 0 Å². The molecule has 4 heterocycles. The first-order valence-electron chi connectivity index (χ1n) is 12.0. The Morgan fingerprint density at radius 1 is 1.28 bits per heavy atom. The smallest absolute Gasteiger partial charge is 0.393 e. The van der Waals surface area contributed by atoms with Crippen molar-refractivity contribution in [2.24, 2.45) is 5.41 Å². The van der Waals surface area contributed by atoms with Gasteiger partial charge in [0.25, 0.3) is 0 Å². The monoisotopic (exact) mass is 517 g/mol. The number of hydrogen-bond donors (Lipinski definition) is 2. The predicted molar refractivity (Wildman–Crippen MR) is 132 cm³/mol. The van der Waals surface area contributed by atoms with Crippen LogP contribution in [0, 0.1) is 5.41 Å². The van der Waals surface area contributed by atoms with E-state index in [0.717, 1.165) is 67.0 Å². The summed E-state index contributed by atoms with van der Waals surface area (Å²) in [5.41, 5.74) is 3.29. The van der Waals surface area contributed by atoms with E-state index in [-0.39, 0.29) is 22.2 Å². The van der Waals surface area contributed by atoms with Crippen molar-refractivity contribution in [2.75, 3.05) is 30.4 Å². The molecule has 1 saturated carbocycles. The summed E-state index contributed by atoms with van der Waals surface area (Å²) >= 11 is 1.04. The molecule has 3 aliphatic rings. The third kappa shape index (κ3) is 4.50. The Morgan fingerprint density at radius 3 is 2.89 bits per heavy atom. The van der Waals surface area contributed by atoms with Gasteiger partial charge in [-0.2, -0.15) is 23.1 Å². The Bertz CT molecular complexity index is 1340. The van der Waals surface area contributed by atoms with E-state index in [1.165, 1.54) is 7.11 Å². The first-order valence-corrected chi connectivity index (χ1v) is 12.8. The van der Waals surface area contributed by atoms with Crippen LogP contribution in [0.1, 0.15) is 35.3 Å². The SMILES string of the molecule is COc1nc(N2CC3(CCC(NCc4ccc5c(c4)NC(=O)C5)C3)C2)c2cc(CC(F)(F)F)sc2n1. The van der Waals surface area contributed by atoms with Crippen LogP contribution in [-0.4, -0.2) is 48.3 Å². The molecule has 190 valence electrons. The minimum atomic E-state index is -4.26. The molecule has 1 aromatic carbocycles. The van der Waals surface area contributed by atoms with Gasteiger partial charge >= 0.3 is 12.2 Å². The lowest BCUT2D eigenvalue weighted by atomic mass is 9.78. The van der Waals surface area contributed by atoms with Crippen molar-refractivity contribution in [1.82, 2.24) is 15.3 Å². The zero-order valence-electron chi connectivity index (χ0n) is 19.7. The molecule has 0 radical (unpaired) electrons. The molecule has 1 saturated heterocycles. The Balaban J connectivity index is 1.11. The predicted octanol–water partition coefficient (Wildman–Crippen LogP) is 4.45. The fourth-order valence-corrected chi connectivity index (χ4v) is 6.81. The van der Waals surface area contributed by atoms with Crippen LogP contribution >= 0.6 is 11.3 Å². The van der Waals surface area contributed by atoms with Gasteiger partial charge < -0.3 is 20.3 Å². The zero-order chi connectivity index (χ0) is 25.1. The first kappa shape index (κ1) is 23.5. The van der Waals surface area contributed by atoms with E-state index in [2.05, 4.69) is 31.6 Å². The number of thiophene rings is 1. The summed E-state index contributed by atoms with van der Waals surface area (Å²) < 4.78 is 44.1. The van der Waals surface area contributed by atoms with Gasteiger partial charge in [-0.3, -0.25) is 4.79 Å². The average molecular weight is 518 g/mol. The topological polar surface area (TPSA) is 79.4 Å². The van der Waals surface area contributed by atoms with Gasteiger partial charge in [0.15, 0.2) is 0 Å². The molecule has 6 rings (SSSR count). The molecule has 1 atom stereocenters. The number of carbonyl (C=O) groups excluding carboxylic acids is 1. The van der Waals surface area contributed by atoms with E-state index < -0.39 is 12.6 Å². The minimum absolute atomic E-state index is 0.0417. The number of carbonyl (C=O) groups is 1. The number of benzene rings is 1. The first-order chi connectivity index (χ1) is 17.2. The van der Waals surface area contributed by atoms with Gasteiger partial charge in [0.2, 0.25) is 5.91 Å². The lowest BCUT2D eigenvalue weighted by molar-refractivity contribution is -0.126. The highest BCUT2D eigenvalue weighted by molar-refractivity contribution is 7.18. The van der Waals surface area contributed by atoms with Gasteiger partial charge in [0.05, 0.1) is 25.3 Å². The number of rotatable bonds is 6. The standard InChI is InChI=1S/C25H26F3N5O2S/c1-35-23-31-21(18-8-17(10-25(26,27)28)36-22(18)32-23)33-12-24(13-33)5-4-16(9-24)29-11-14-2-3-15-7-20(34)30-19(15)6-14/h2-3,6,8,16,29H,4-5,7,9-13H2,1H3,(H,30,34). The van der Waals surface area contributed by atoms with Crippen molar-refractivity contribution in [1.29, 1.82) is 0 Å². The highest BCUT2D eigenvalue weighted by Crippen LogP contribution is 2.48. The zero-order valence-corrected chi connectivity index (χ0v) is 20.6. The van der Waals surface area contributed by atoms with Gasteiger partial charge in [-0.05, 0) is 42.5 Å². The second-order valence-corrected chi connectivity index (χ2v) is 11.3. The molecule has 7 nitrogen and oxygen atoms in total. The number of alkyl halides is 3. The Morgan fingerprint density at radius 2 is 2.11 bits per heavy atom. The van der Waals surface area contributed by atoms with Crippen LogP contribution in [0.5, 0.6) is 6.01 Å². The number of amides is 1. The lowest BCUT2D eigenvalue weighted by Gasteiger charge is -2.49. The van der Waals surface area contributed by atoms with Gasteiger partial charge in [0, 0.05) is 41.7 Å². The number of fused-ring (bicyclic) bond motifs is 2. The van der Waals surface area contributed by atoms with Crippen LogP contribution in [0.15, 0.2) is 24.3 Å². The highest BCUT2D eigenvalue weighted by Gasteiger charge is 2.49. The van der Waals surface area contributed by atoms with Crippen molar-refractivity contribution in [2.45, 2.75) is 50.9 Å². The molecular formula is C25H26F3N5O2S. The number of anilines is 2. The summed E-state index contributed by atoms with van der Waals surface area (Å²) in [6.45, 7) is 2.37. The molecule has 2 aliphatic heterocycles. The van der Waals surface area contributed by atoms with Crippen LogP contribution in [-0.2, 0) is 24.2 Å². The molecule has 2 fully saturated rings. The number of hydrogen-bond acceptors (Lipinski definition) is 7. The molecule has 3 aromatic rings. The number of methoxy groups -OCH3 is 1. The van der Waals surface area contributed by atoms with E-state index in [9.17, 15) is 18.0 Å². The van der Waals surface area contributed by atoms with Gasteiger partial charge in [-0.1, -0.05) is 12.1 Å². The number of nitrogens with zero attached hydrogens (tertiary/aromatic N) is 3. The quantitative estimate of drug-likeness (QED) is 0.503. The lowest BCUT2D eigenvalue weighted by Crippen LogP contribution is -2.56. The molecule has 36 heavy (non-hydrogen) atoms. The van der Waals surface area contributed by atoms with Gasteiger partial charge in [-0.15, -0.1) is 11.3 Å². The van der Waals surface area contributed by atoms with E-state index in [0.29, 0.717) is 28.5 Å². The van der Waals surface area contributed by atoms with Crippen molar-refractivity contribution < 1.29 is 22.7 Å². The molecule has 0 bridgehead atoms. The van der Waals surface area contributed by atoms with Crippen molar-refractivity contribution in [3.05, 3.63) is 40.3 Å². The van der Waals surface area contributed by atoms with Crippen LogP contribution in [0.2, 0.25) is 0 Å². The Kier molecular flexibility index (Phi) is 5.60. The summed E-state index contributed by atoms with van der Waals surface area (Å²) in [5.74, 6) is 0.698. The van der Waals surface area contributed by atoms with Crippen LogP contribution < -0.4 is 20.3 Å². The summed E-state index contributed by atoms with van der Waals surface area (Å²) in [4.78, 5) is 23.3. The van der Waals surface area contributed by atoms with Crippen molar-refractivity contribution in [3.8, 4) is 6.01 Å². The van der Waals surface area contributed by atoms with Crippen LogP contribution in [0.3, 0.4) is 0 Å². The maximum absolute atomic E-state index is 12.9. The molecule has 2 aromatic heterocycles. The molecule has 1 aliphatic carbocycles. The van der Waals surface area contributed by atoms with Crippen molar-refractivity contribution in [3.63, 3.8) is 0 Å². The number of ether oxygens (including phenoxy) is 1.